The lowest BCUT2D eigenvalue weighted by Crippen LogP contribution is -2.75. The molecule has 0 amide bonds. The molecule has 1 saturated carbocycles. The summed E-state index contributed by atoms with van der Waals surface area (Å²) in [6.45, 7) is 7.74. The van der Waals surface area contributed by atoms with Crippen molar-refractivity contribution in [3.63, 3.8) is 0 Å². The molecule has 0 unspecified atom stereocenters. The van der Waals surface area contributed by atoms with E-state index in [0.717, 1.165) is 0 Å². The van der Waals surface area contributed by atoms with Crippen molar-refractivity contribution in [2.45, 2.75) is 44.7 Å². The highest BCUT2D eigenvalue weighted by atomic mass is 32.2. The van der Waals surface area contributed by atoms with Crippen LogP contribution in [-0.4, -0.2) is 25.5 Å². The van der Waals surface area contributed by atoms with Crippen LogP contribution in [0.15, 0.2) is 23.2 Å². The average molecular weight is 308 g/mol. The highest BCUT2D eigenvalue weighted by Crippen LogP contribution is 2.52. The Morgan fingerprint density at radius 2 is 1.90 bits per heavy atom. The van der Waals surface area contributed by atoms with E-state index in [1.807, 2.05) is 27.7 Å². The van der Waals surface area contributed by atoms with Gasteiger partial charge in [0.25, 0.3) is 0 Å². The van der Waals surface area contributed by atoms with Crippen LogP contribution in [0.25, 0.3) is 0 Å². The molecule has 7 heteroatoms. The van der Waals surface area contributed by atoms with Gasteiger partial charge in [-0.15, -0.1) is 0 Å². The molecule has 1 aliphatic carbocycles. The minimum atomic E-state index is -3.82. The third-order valence-corrected chi connectivity index (χ3v) is 5.98. The second-order valence-corrected chi connectivity index (χ2v) is 8.32. The zero-order valence-electron chi connectivity index (χ0n) is 12.6. The fourth-order valence-electron chi connectivity index (χ4n) is 3.39. The van der Waals surface area contributed by atoms with Gasteiger partial charge in [-0.25, -0.2) is 18.1 Å². The largest absolute Gasteiger partial charge is 0.327 e. The smallest absolute Gasteiger partial charge is 0.243 e. The van der Waals surface area contributed by atoms with Crippen LogP contribution >= 0.6 is 0 Å². The molecule has 114 valence electrons. The molecule has 3 N–H and O–H groups in total. The van der Waals surface area contributed by atoms with Crippen LogP contribution in [0.3, 0.4) is 0 Å². The molecule has 6 nitrogen and oxygen atoms in total. The Kier molecular flexibility index (Phi) is 3.61. The zero-order chi connectivity index (χ0) is 16.1. The van der Waals surface area contributed by atoms with E-state index in [9.17, 15) is 8.42 Å². The summed E-state index contributed by atoms with van der Waals surface area (Å²) in [4.78, 5) is 3.70. The molecule has 1 aromatic heterocycles. The summed E-state index contributed by atoms with van der Waals surface area (Å²) in [5.74, 6) is 0. The summed E-state index contributed by atoms with van der Waals surface area (Å²) >= 11 is 0. The standard InChI is InChI=1S/C14H20N4O2S/c1-13(2)11(16)14(3,4)12(13)18-21(19,20)10-6-5-7-17-9(10)8-15/h5-7,11-12,18H,16H2,1-4H3. The van der Waals surface area contributed by atoms with Crippen LogP contribution in [0.4, 0.5) is 0 Å². The maximum absolute atomic E-state index is 12.6. The Morgan fingerprint density at radius 1 is 1.33 bits per heavy atom. The van der Waals surface area contributed by atoms with Crippen molar-refractivity contribution >= 4 is 10.0 Å². The molecule has 0 atom stereocenters. The molecular weight excluding hydrogens is 288 g/mol. The molecule has 0 spiro atoms. The van der Waals surface area contributed by atoms with Crippen molar-refractivity contribution < 1.29 is 8.42 Å². The first-order valence-electron chi connectivity index (χ1n) is 6.68. The first kappa shape index (κ1) is 15.9. The van der Waals surface area contributed by atoms with E-state index in [0.29, 0.717) is 0 Å². The predicted octanol–water partition coefficient (Wildman–Crippen LogP) is 0.993. The summed E-state index contributed by atoms with van der Waals surface area (Å²) in [6.07, 6.45) is 1.39. The lowest BCUT2D eigenvalue weighted by molar-refractivity contribution is -0.0593. The van der Waals surface area contributed by atoms with Gasteiger partial charge >= 0.3 is 0 Å². The lowest BCUT2D eigenvalue weighted by atomic mass is 9.49. The van der Waals surface area contributed by atoms with Crippen LogP contribution in [-0.2, 0) is 10.0 Å². The maximum atomic E-state index is 12.6. The summed E-state index contributed by atoms with van der Waals surface area (Å²) in [7, 11) is -3.82. The van der Waals surface area contributed by atoms with E-state index in [1.165, 1.54) is 18.3 Å². The Balaban J connectivity index is 2.38. The Labute approximate surface area is 125 Å². The van der Waals surface area contributed by atoms with Gasteiger partial charge in [0.1, 0.15) is 11.0 Å². The number of nitrogens with zero attached hydrogens (tertiary/aromatic N) is 2. The van der Waals surface area contributed by atoms with E-state index in [1.54, 1.807) is 6.07 Å². The van der Waals surface area contributed by atoms with Crippen LogP contribution < -0.4 is 10.5 Å². The van der Waals surface area contributed by atoms with Crippen molar-refractivity contribution in [2.24, 2.45) is 16.6 Å². The number of nitriles is 1. The number of aromatic nitrogens is 1. The van der Waals surface area contributed by atoms with Gasteiger partial charge in [0.2, 0.25) is 10.0 Å². The van der Waals surface area contributed by atoms with Crippen molar-refractivity contribution in [1.82, 2.24) is 9.71 Å². The van der Waals surface area contributed by atoms with Gasteiger partial charge in [-0.2, -0.15) is 5.26 Å². The highest BCUT2D eigenvalue weighted by molar-refractivity contribution is 7.89. The molecule has 2 rings (SSSR count). The third kappa shape index (κ3) is 2.33. The monoisotopic (exact) mass is 308 g/mol. The van der Waals surface area contributed by atoms with Gasteiger partial charge in [0, 0.05) is 18.3 Å². The number of rotatable bonds is 3. The fourth-order valence-corrected chi connectivity index (χ4v) is 5.05. The first-order valence-corrected chi connectivity index (χ1v) is 8.16. The highest BCUT2D eigenvalue weighted by Gasteiger charge is 2.61. The summed E-state index contributed by atoms with van der Waals surface area (Å²) < 4.78 is 27.8. The van der Waals surface area contributed by atoms with Crippen molar-refractivity contribution in [2.75, 3.05) is 0 Å². The molecular formula is C14H20N4O2S. The maximum Gasteiger partial charge on any atom is 0.243 e. The number of hydrogen-bond donors (Lipinski definition) is 2. The van der Waals surface area contributed by atoms with Gasteiger partial charge in [-0.05, 0) is 23.0 Å². The fraction of sp³-hybridized carbons (Fsp3) is 0.571. The Bertz CT molecular complexity index is 688. The molecule has 0 saturated heterocycles. The Hall–Kier alpha value is -1.49. The molecule has 0 aromatic carbocycles. The number of nitrogens with two attached hydrogens (primary N) is 1. The second-order valence-electron chi connectivity index (χ2n) is 6.64. The van der Waals surface area contributed by atoms with Gasteiger partial charge in [0.05, 0.1) is 0 Å². The van der Waals surface area contributed by atoms with Gasteiger partial charge in [0.15, 0.2) is 5.69 Å². The number of pyridine rings is 1. The average Bonchev–Trinajstić information content (AvgIpc) is 2.43. The third-order valence-electron chi connectivity index (χ3n) is 4.53. The van der Waals surface area contributed by atoms with Crippen molar-refractivity contribution in [3.05, 3.63) is 24.0 Å². The number of nitrogens with one attached hydrogen (secondary N) is 1. The van der Waals surface area contributed by atoms with Crippen LogP contribution in [0.1, 0.15) is 33.4 Å². The predicted molar refractivity (Wildman–Crippen MR) is 78.6 cm³/mol. The minimum Gasteiger partial charge on any atom is -0.327 e. The van der Waals surface area contributed by atoms with E-state index in [4.69, 9.17) is 11.0 Å². The molecule has 0 bridgehead atoms. The van der Waals surface area contributed by atoms with Gasteiger partial charge < -0.3 is 5.73 Å². The number of hydrogen-bond acceptors (Lipinski definition) is 5. The molecule has 1 fully saturated rings. The van der Waals surface area contributed by atoms with E-state index in [-0.39, 0.29) is 33.5 Å². The minimum absolute atomic E-state index is 0.0976. The van der Waals surface area contributed by atoms with Gasteiger partial charge in [-0.1, -0.05) is 27.7 Å². The van der Waals surface area contributed by atoms with E-state index < -0.39 is 10.0 Å². The molecule has 1 aliphatic rings. The van der Waals surface area contributed by atoms with Crippen molar-refractivity contribution in [3.8, 4) is 6.07 Å². The summed E-state index contributed by atoms with van der Waals surface area (Å²) in [5.41, 5.74) is 5.32. The topological polar surface area (TPSA) is 109 Å². The lowest BCUT2D eigenvalue weighted by Gasteiger charge is -2.62. The number of sulfonamides is 1. The first-order chi connectivity index (χ1) is 9.55. The molecule has 0 aliphatic heterocycles. The second kappa shape index (κ2) is 4.77. The van der Waals surface area contributed by atoms with Crippen molar-refractivity contribution in [1.29, 1.82) is 5.26 Å². The molecule has 1 heterocycles. The molecule has 21 heavy (non-hydrogen) atoms. The summed E-state index contributed by atoms with van der Waals surface area (Å²) in [5, 5.41) is 9.01. The molecule has 1 aromatic rings. The van der Waals surface area contributed by atoms with Crippen LogP contribution in [0, 0.1) is 22.2 Å². The molecule has 0 radical (unpaired) electrons. The quantitative estimate of drug-likeness (QED) is 0.865. The van der Waals surface area contributed by atoms with E-state index >= 15 is 0 Å². The zero-order valence-corrected chi connectivity index (χ0v) is 13.4. The van der Waals surface area contributed by atoms with Crippen LogP contribution in [0.2, 0.25) is 0 Å². The SMILES string of the molecule is CC1(C)C(N)C(C)(C)C1NS(=O)(=O)c1cccnc1C#N. The van der Waals surface area contributed by atoms with Crippen LogP contribution in [0.5, 0.6) is 0 Å². The van der Waals surface area contributed by atoms with Gasteiger partial charge in [-0.3, -0.25) is 0 Å². The Morgan fingerprint density at radius 3 is 2.43 bits per heavy atom. The normalized spacial score (nSPS) is 26.7. The summed E-state index contributed by atoms with van der Waals surface area (Å²) in [6, 6.07) is 4.27. The van der Waals surface area contributed by atoms with E-state index in [2.05, 4.69) is 9.71 Å².